The Bertz CT molecular complexity index is 572. The number of amides is 1. The molecule has 2 rings (SSSR count). The number of hydrogen-bond acceptors (Lipinski definition) is 4. The van der Waals surface area contributed by atoms with E-state index in [9.17, 15) is 28.8 Å². The van der Waals surface area contributed by atoms with Crippen molar-refractivity contribution in [2.45, 2.75) is 37.8 Å². The van der Waals surface area contributed by atoms with E-state index in [1.807, 2.05) is 0 Å². The van der Waals surface area contributed by atoms with E-state index < -0.39 is 39.8 Å². The van der Waals surface area contributed by atoms with Gasteiger partial charge in [-0.25, -0.2) is 4.39 Å². The van der Waals surface area contributed by atoms with Crippen LogP contribution in [0.5, 0.6) is 0 Å². The van der Waals surface area contributed by atoms with E-state index in [2.05, 4.69) is 5.32 Å². The lowest BCUT2D eigenvalue weighted by molar-refractivity contribution is -0.387. The molecule has 1 fully saturated rings. The molecule has 1 saturated carbocycles. The van der Waals surface area contributed by atoms with Crippen LogP contribution in [0.25, 0.3) is 0 Å². The average Bonchev–Trinajstić information content (AvgIpc) is 2.41. The number of hydrogen-bond donors (Lipinski definition) is 2. The Morgan fingerprint density at radius 3 is 2.48 bits per heavy atom. The third-order valence-electron chi connectivity index (χ3n) is 3.53. The molecule has 1 aliphatic rings. The SMILES string of the molecule is O=C(NC1CCC(O)CC1)c1c(F)ccc([N+](=O)[O-])c1F. The normalized spacial score (nSPS) is 21.9. The van der Waals surface area contributed by atoms with Gasteiger partial charge in [0.1, 0.15) is 11.4 Å². The molecular formula is C13H14F2N2O4. The number of rotatable bonds is 3. The van der Waals surface area contributed by atoms with Gasteiger partial charge in [-0.2, -0.15) is 4.39 Å². The molecule has 6 nitrogen and oxygen atoms in total. The highest BCUT2D eigenvalue weighted by atomic mass is 19.1. The summed E-state index contributed by atoms with van der Waals surface area (Å²) in [6.45, 7) is 0. The van der Waals surface area contributed by atoms with Crippen LogP contribution in [0.1, 0.15) is 36.0 Å². The van der Waals surface area contributed by atoms with Gasteiger partial charge >= 0.3 is 5.69 Å². The first-order chi connectivity index (χ1) is 9.90. The van der Waals surface area contributed by atoms with Gasteiger partial charge in [-0.1, -0.05) is 0 Å². The van der Waals surface area contributed by atoms with Crippen molar-refractivity contribution in [3.8, 4) is 0 Å². The predicted octanol–water partition coefficient (Wildman–Crippen LogP) is 1.91. The maximum absolute atomic E-state index is 13.9. The second kappa shape index (κ2) is 6.13. The monoisotopic (exact) mass is 300 g/mol. The van der Waals surface area contributed by atoms with Crippen molar-refractivity contribution in [2.75, 3.05) is 0 Å². The maximum Gasteiger partial charge on any atom is 0.305 e. The molecule has 0 spiro atoms. The highest BCUT2D eigenvalue weighted by Gasteiger charge is 2.28. The van der Waals surface area contributed by atoms with E-state index in [4.69, 9.17) is 0 Å². The Hall–Kier alpha value is -2.09. The van der Waals surface area contributed by atoms with Crippen molar-refractivity contribution in [3.05, 3.63) is 39.4 Å². The molecule has 1 aliphatic carbocycles. The molecule has 0 radical (unpaired) electrons. The molecule has 8 heteroatoms. The zero-order valence-electron chi connectivity index (χ0n) is 11.0. The van der Waals surface area contributed by atoms with Gasteiger partial charge in [-0.3, -0.25) is 14.9 Å². The van der Waals surface area contributed by atoms with E-state index in [-0.39, 0.29) is 6.04 Å². The van der Waals surface area contributed by atoms with Crippen LogP contribution in [0.4, 0.5) is 14.5 Å². The summed E-state index contributed by atoms with van der Waals surface area (Å²) in [5, 5.41) is 22.4. The number of carbonyl (C=O) groups excluding carboxylic acids is 1. The molecule has 0 bridgehead atoms. The molecule has 0 saturated heterocycles. The Labute approximate surface area is 118 Å². The third-order valence-corrected chi connectivity index (χ3v) is 3.53. The lowest BCUT2D eigenvalue weighted by Gasteiger charge is -2.26. The standard InChI is InChI=1S/C13H14F2N2O4/c14-9-5-6-10(17(20)21)12(15)11(9)13(19)16-7-1-3-8(18)4-2-7/h5-8,18H,1-4H2,(H,16,19). The van der Waals surface area contributed by atoms with Crippen molar-refractivity contribution in [2.24, 2.45) is 0 Å². The second-order valence-electron chi connectivity index (χ2n) is 4.99. The van der Waals surface area contributed by atoms with E-state index >= 15 is 0 Å². The van der Waals surface area contributed by atoms with Crippen LogP contribution in [0.3, 0.4) is 0 Å². The number of nitrogens with zero attached hydrogens (tertiary/aromatic N) is 1. The van der Waals surface area contributed by atoms with Gasteiger partial charge < -0.3 is 10.4 Å². The van der Waals surface area contributed by atoms with Crippen molar-refractivity contribution in [1.29, 1.82) is 0 Å². The van der Waals surface area contributed by atoms with Crippen LogP contribution in [0, 0.1) is 21.7 Å². The smallest absolute Gasteiger partial charge is 0.305 e. The highest BCUT2D eigenvalue weighted by Crippen LogP contribution is 2.24. The van der Waals surface area contributed by atoms with Crippen LogP contribution in [-0.4, -0.2) is 28.1 Å². The van der Waals surface area contributed by atoms with E-state index in [0.29, 0.717) is 37.8 Å². The summed E-state index contributed by atoms with van der Waals surface area (Å²) < 4.78 is 27.5. The minimum Gasteiger partial charge on any atom is -0.393 e. The summed E-state index contributed by atoms with van der Waals surface area (Å²) in [5.41, 5.74) is -1.89. The molecule has 1 aromatic carbocycles. The number of halogens is 2. The quantitative estimate of drug-likeness (QED) is 0.658. The minimum absolute atomic E-state index is 0.307. The average molecular weight is 300 g/mol. The van der Waals surface area contributed by atoms with Gasteiger partial charge in [0.05, 0.1) is 11.0 Å². The summed E-state index contributed by atoms with van der Waals surface area (Å²) >= 11 is 0. The lowest BCUT2D eigenvalue weighted by atomic mass is 9.93. The summed E-state index contributed by atoms with van der Waals surface area (Å²) in [4.78, 5) is 21.5. The van der Waals surface area contributed by atoms with Crippen molar-refractivity contribution < 1.29 is 23.6 Å². The van der Waals surface area contributed by atoms with E-state index in [1.165, 1.54) is 0 Å². The maximum atomic E-state index is 13.9. The third kappa shape index (κ3) is 3.33. The number of aliphatic hydroxyl groups excluding tert-OH is 1. The molecular weight excluding hydrogens is 286 g/mol. The first-order valence-electron chi connectivity index (χ1n) is 6.51. The van der Waals surface area contributed by atoms with Gasteiger partial charge in [0.25, 0.3) is 5.91 Å². The topological polar surface area (TPSA) is 92.5 Å². The van der Waals surface area contributed by atoms with Gasteiger partial charge in [-0.15, -0.1) is 0 Å². The number of carbonyl (C=O) groups is 1. The Morgan fingerprint density at radius 1 is 1.29 bits per heavy atom. The fourth-order valence-electron chi connectivity index (χ4n) is 2.37. The van der Waals surface area contributed by atoms with Crippen molar-refractivity contribution in [3.63, 3.8) is 0 Å². The molecule has 1 amide bonds. The summed E-state index contributed by atoms with van der Waals surface area (Å²) in [7, 11) is 0. The van der Waals surface area contributed by atoms with Crippen molar-refractivity contribution in [1.82, 2.24) is 5.32 Å². The van der Waals surface area contributed by atoms with Crippen LogP contribution in [0.15, 0.2) is 12.1 Å². The molecule has 2 N–H and O–H groups in total. The van der Waals surface area contributed by atoms with Gasteiger partial charge in [0.2, 0.25) is 5.82 Å². The van der Waals surface area contributed by atoms with Crippen molar-refractivity contribution >= 4 is 11.6 Å². The molecule has 114 valence electrons. The largest absolute Gasteiger partial charge is 0.393 e. The molecule has 0 heterocycles. The summed E-state index contributed by atoms with van der Waals surface area (Å²) in [6.07, 6.45) is 1.54. The zero-order chi connectivity index (χ0) is 15.6. The first-order valence-corrected chi connectivity index (χ1v) is 6.51. The fourth-order valence-corrected chi connectivity index (χ4v) is 2.37. The number of aliphatic hydroxyl groups is 1. The molecule has 0 unspecified atom stereocenters. The molecule has 21 heavy (non-hydrogen) atoms. The first kappa shape index (κ1) is 15.3. The Kier molecular flexibility index (Phi) is 4.46. The molecule has 0 aliphatic heterocycles. The highest BCUT2D eigenvalue weighted by molar-refractivity contribution is 5.95. The summed E-state index contributed by atoms with van der Waals surface area (Å²) in [5.74, 6) is -3.64. The van der Waals surface area contributed by atoms with Gasteiger partial charge in [0.15, 0.2) is 0 Å². The number of nitro benzene ring substituents is 1. The van der Waals surface area contributed by atoms with Crippen LogP contribution in [-0.2, 0) is 0 Å². The predicted molar refractivity (Wildman–Crippen MR) is 68.7 cm³/mol. The number of nitro groups is 1. The second-order valence-corrected chi connectivity index (χ2v) is 4.99. The Balaban J connectivity index is 2.19. The minimum atomic E-state index is -1.48. The molecule has 0 atom stereocenters. The van der Waals surface area contributed by atoms with Crippen LogP contribution >= 0.6 is 0 Å². The van der Waals surface area contributed by atoms with Gasteiger partial charge in [0, 0.05) is 12.1 Å². The zero-order valence-corrected chi connectivity index (χ0v) is 11.0. The summed E-state index contributed by atoms with van der Waals surface area (Å²) in [6, 6.07) is 1.07. The Morgan fingerprint density at radius 2 is 1.90 bits per heavy atom. The number of benzene rings is 1. The lowest BCUT2D eigenvalue weighted by Crippen LogP contribution is -2.39. The van der Waals surface area contributed by atoms with E-state index in [1.54, 1.807) is 0 Å². The van der Waals surface area contributed by atoms with Gasteiger partial charge in [-0.05, 0) is 31.7 Å². The van der Waals surface area contributed by atoms with Crippen LogP contribution in [0.2, 0.25) is 0 Å². The van der Waals surface area contributed by atoms with E-state index in [0.717, 1.165) is 0 Å². The molecule has 0 aromatic heterocycles. The fraction of sp³-hybridized carbons (Fsp3) is 0.462. The number of nitrogens with one attached hydrogen (secondary N) is 1. The molecule has 1 aromatic rings. The van der Waals surface area contributed by atoms with Crippen LogP contribution < -0.4 is 5.32 Å².